The largest absolute Gasteiger partial charge is 0.255 e. The average Bonchev–Trinajstić information content (AvgIpc) is 2.39. The SMILES string of the molecule is c1ccc(-c2ccc3cccnc3n2)nc1. The van der Waals surface area contributed by atoms with Crippen LogP contribution in [0.25, 0.3) is 22.4 Å². The first-order valence-corrected chi connectivity index (χ1v) is 5.07. The summed E-state index contributed by atoms with van der Waals surface area (Å²) >= 11 is 0. The predicted octanol–water partition coefficient (Wildman–Crippen LogP) is 2.69. The Morgan fingerprint density at radius 2 is 1.62 bits per heavy atom. The summed E-state index contributed by atoms with van der Waals surface area (Å²) in [4.78, 5) is 13.0. The molecule has 3 aromatic heterocycles. The van der Waals surface area contributed by atoms with E-state index in [1.165, 1.54) is 0 Å². The quantitative estimate of drug-likeness (QED) is 0.615. The number of fused-ring (bicyclic) bond motifs is 1. The molecule has 76 valence electrons. The van der Waals surface area contributed by atoms with Crippen molar-refractivity contribution in [3.63, 3.8) is 0 Å². The first kappa shape index (κ1) is 8.97. The number of aromatic nitrogens is 3. The van der Waals surface area contributed by atoms with Crippen LogP contribution in [-0.4, -0.2) is 15.0 Å². The normalized spacial score (nSPS) is 10.5. The van der Waals surface area contributed by atoms with Gasteiger partial charge in [-0.15, -0.1) is 0 Å². The van der Waals surface area contributed by atoms with Crippen molar-refractivity contribution in [3.8, 4) is 11.4 Å². The molecule has 0 aliphatic rings. The maximum absolute atomic E-state index is 4.47. The van der Waals surface area contributed by atoms with Gasteiger partial charge in [-0.05, 0) is 36.4 Å². The van der Waals surface area contributed by atoms with E-state index in [4.69, 9.17) is 0 Å². The van der Waals surface area contributed by atoms with E-state index >= 15 is 0 Å². The van der Waals surface area contributed by atoms with E-state index in [-0.39, 0.29) is 0 Å². The summed E-state index contributed by atoms with van der Waals surface area (Å²) in [5, 5.41) is 1.04. The van der Waals surface area contributed by atoms with Gasteiger partial charge in [0.05, 0.1) is 11.4 Å². The molecule has 0 atom stereocenters. The second-order valence-corrected chi connectivity index (χ2v) is 3.46. The molecule has 0 amide bonds. The van der Waals surface area contributed by atoms with Gasteiger partial charge < -0.3 is 0 Å². The summed E-state index contributed by atoms with van der Waals surface area (Å²) < 4.78 is 0. The smallest absolute Gasteiger partial charge is 0.159 e. The van der Waals surface area contributed by atoms with Crippen molar-refractivity contribution in [1.82, 2.24) is 15.0 Å². The van der Waals surface area contributed by atoms with Crippen molar-refractivity contribution in [2.75, 3.05) is 0 Å². The maximum Gasteiger partial charge on any atom is 0.159 e. The molecule has 0 aromatic carbocycles. The topological polar surface area (TPSA) is 38.7 Å². The summed E-state index contributed by atoms with van der Waals surface area (Å²) in [7, 11) is 0. The third-order valence-electron chi connectivity index (χ3n) is 2.39. The zero-order valence-corrected chi connectivity index (χ0v) is 8.54. The van der Waals surface area contributed by atoms with Crippen LogP contribution in [0.15, 0.2) is 54.9 Å². The first-order chi connectivity index (χ1) is 7.93. The molecule has 0 bridgehead atoms. The first-order valence-electron chi connectivity index (χ1n) is 5.07. The van der Waals surface area contributed by atoms with E-state index < -0.39 is 0 Å². The molecule has 0 aliphatic heterocycles. The highest BCUT2D eigenvalue weighted by Gasteiger charge is 2.01. The summed E-state index contributed by atoms with van der Waals surface area (Å²) in [6.07, 6.45) is 3.51. The van der Waals surface area contributed by atoms with Gasteiger partial charge in [0.1, 0.15) is 0 Å². The number of hydrogen-bond donors (Lipinski definition) is 0. The van der Waals surface area contributed by atoms with Crippen LogP contribution in [0.3, 0.4) is 0 Å². The number of rotatable bonds is 1. The summed E-state index contributed by atoms with van der Waals surface area (Å²) in [6.45, 7) is 0. The molecular formula is C13H9N3. The van der Waals surface area contributed by atoms with Crippen LogP contribution in [0.5, 0.6) is 0 Å². The zero-order valence-electron chi connectivity index (χ0n) is 8.54. The van der Waals surface area contributed by atoms with E-state index in [0.29, 0.717) is 0 Å². The molecule has 0 N–H and O–H groups in total. The number of pyridine rings is 3. The van der Waals surface area contributed by atoms with Crippen molar-refractivity contribution < 1.29 is 0 Å². The second kappa shape index (κ2) is 3.70. The van der Waals surface area contributed by atoms with Gasteiger partial charge in [-0.25, -0.2) is 9.97 Å². The molecule has 0 fully saturated rings. The number of nitrogens with zero attached hydrogens (tertiary/aromatic N) is 3. The molecule has 3 aromatic rings. The van der Waals surface area contributed by atoms with E-state index in [0.717, 1.165) is 22.4 Å². The highest BCUT2D eigenvalue weighted by Crippen LogP contribution is 2.17. The summed E-state index contributed by atoms with van der Waals surface area (Å²) in [5.74, 6) is 0. The van der Waals surface area contributed by atoms with Gasteiger partial charge in [0.15, 0.2) is 5.65 Å². The molecule has 3 rings (SSSR count). The van der Waals surface area contributed by atoms with Crippen LogP contribution in [0.2, 0.25) is 0 Å². The van der Waals surface area contributed by atoms with Crippen molar-refractivity contribution in [1.29, 1.82) is 0 Å². The van der Waals surface area contributed by atoms with Gasteiger partial charge >= 0.3 is 0 Å². The lowest BCUT2D eigenvalue weighted by molar-refractivity contribution is 1.24. The Morgan fingerprint density at radius 3 is 2.50 bits per heavy atom. The fraction of sp³-hybridized carbons (Fsp3) is 0. The fourth-order valence-corrected chi connectivity index (χ4v) is 1.61. The molecule has 0 aliphatic carbocycles. The summed E-state index contributed by atoms with van der Waals surface area (Å²) in [6, 6.07) is 13.7. The van der Waals surface area contributed by atoms with Crippen LogP contribution in [0.1, 0.15) is 0 Å². The minimum Gasteiger partial charge on any atom is -0.255 e. The van der Waals surface area contributed by atoms with Gasteiger partial charge in [-0.2, -0.15) is 0 Å². The molecule has 0 radical (unpaired) electrons. The fourth-order valence-electron chi connectivity index (χ4n) is 1.61. The lowest BCUT2D eigenvalue weighted by Crippen LogP contribution is -1.88. The van der Waals surface area contributed by atoms with Crippen molar-refractivity contribution in [2.45, 2.75) is 0 Å². The van der Waals surface area contributed by atoms with Crippen LogP contribution >= 0.6 is 0 Å². The molecule has 0 saturated carbocycles. The summed E-state index contributed by atoms with van der Waals surface area (Å²) in [5.41, 5.74) is 2.48. The van der Waals surface area contributed by atoms with E-state index in [1.54, 1.807) is 12.4 Å². The van der Waals surface area contributed by atoms with Crippen LogP contribution in [0.4, 0.5) is 0 Å². The third kappa shape index (κ3) is 1.52. The maximum atomic E-state index is 4.47. The molecule has 16 heavy (non-hydrogen) atoms. The molecule has 3 heterocycles. The minimum atomic E-state index is 0.755. The van der Waals surface area contributed by atoms with Crippen LogP contribution < -0.4 is 0 Å². The van der Waals surface area contributed by atoms with Gasteiger partial charge in [0.2, 0.25) is 0 Å². The molecule has 0 unspecified atom stereocenters. The van der Waals surface area contributed by atoms with Crippen molar-refractivity contribution in [2.24, 2.45) is 0 Å². The Labute approximate surface area is 92.8 Å². The van der Waals surface area contributed by atoms with Crippen LogP contribution in [0, 0.1) is 0 Å². The van der Waals surface area contributed by atoms with E-state index in [1.807, 2.05) is 42.5 Å². The van der Waals surface area contributed by atoms with Gasteiger partial charge in [-0.1, -0.05) is 6.07 Å². The molecular weight excluding hydrogens is 198 g/mol. The second-order valence-electron chi connectivity index (χ2n) is 3.46. The van der Waals surface area contributed by atoms with E-state index in [2.05, 4.69) is 15.0 Å². The van der Waals surface area contributed by atoms with Crippen LogP contribution in [-0.2, 0) is 0 Å². The number of hydrogen-bond acceptors (Lipinski definition) is 3. The molecule has 3 heteroatoms. The minimum absolute atomic E-state index is 0.755. The third-order valence-corrected chi connectivity index (χ3v) is 2.39. The lowest BCUT2D eigenvalue weighted by atomic mass is 10.2. The van der Waals surface area contributed by atoms with E-state index in [9.17, 15) is 0 Å². The standard InChI is InChI=1S/C13H9N3/c1-2-8-14-11(5-1)12-7-6-10-4-3-9-15-13(10)16-12/h1-9H. The lowest BCUT2D eigenvalue weighted by Gasteiger charge is -2.00. The average molecular weight is 207 g/mol. The predicted molar refractivity (Wildman–Crippen MR) is 62.8 cm³/mol. The van der Waals surface area contributed by atoms with Crippen molar-refractivity contribution >= 4 is 11.0 Å². The highest BCUT2D eigenvalue weighted by atomic mass is 14.9. The molecule has 0 spiro atoms. The van der Waals surface area contributed by atoms with Crippen molar-refractivity contribution in [3.05, 3.63) is 54.9 Å². The van der Waals surface area contributed by atoms with Gasteiger partial charge in [0, 0.05) is 17.8 Å². The van der Waals surface area contributed by atoms with Gasteiger partial charge in [0.25, 0.3) is 0 Å². The highest BCUT2D eigenvalue weighted by molar-refractivity contribution is 5.77. The Kier molecular flexibility index (Phi) is 2.07. The Balaban J connectivity index is 2.19. The van der Waals surface area contributed by atoms with Gasteiger partial charge in [-0.3, -0.25) is 4.98 Å². The Bertz CT molecular complexity index is 620. The molecule has 3 nitrogen and oxygen atoms in total. The zero-order chi connectivity index (χ0) is 10.8. The monoisotopic (exact) mass is 207 g/mol. The Morgan fingerprint density at radius 1 is 0.688 bits per heavy atom. The Hall–Kier alpha value is -2.29. The molecule has 0 saturated heterocycles.